The number of imide groups is 1. The Kier molecular flexibility index (Phi) is 7.12. The summed E-state index contributed by atoms with van der Waals surface area (Å²) in [7, 11) is 0. The van der Waals surface area contributed by atoms with Crippen molar-refractivity contribution >= 4 is 23.5 Å². The number of likely N-dealkylation sites (N-methyl/N-ethyl adjacent to an activating group) is 1. The van der Waals surface area contributed by atoms with E-state index in [0.29, 0.717) is 38.4 Å². The maximum absolute atomic E-state index is 14.2. The van der Waals surface area contributed by atoms with Crippen LogP contribution in [0.15, 0.2) is 54.6 Å². The van der Waals surface area contributed by atoms with Gasteiger partial charge in [0.2, 0.25) is 5.91 Å². The normalized spacial score (nSPS) is 24.6. The summed E-state index contributed by atoms with van der Waals surface area (Å²) >= 11 is 0. The Morgan fingerprint density at radius 3 is 2.35 bits per heavy atom. The second-order valence-corrected chi connectivity index (χ2v) is 9.78. The number of carbonyl (C=O) groups is 3. The van der Waals surface area contributed by atoms with E-state index in [9.17, 15) is 18.8 Å². The van der Waals surface area contributed by atoms with Gasteiger partial charge in [-0.05, 0) is 24.6 Å². The molecule has 0 spiro atoms. The highest BCUT2D eigenvalue weighted by atomic mass is 19.1. The van der Waals surface area contributed by atoms with Gasteiger partial charge in [-0.15, -0.1) is 0 Å². The van der Waals surface area contributed by atoms with Gasteiger partial charge in [0.15, 0.2) is 0 Å². The Hall–Kier alpha value is -3.50. The number of nitrogens with one attached hydrogen (secondary N) is 1. The van der Waals surface area contributed by atoms with Crippen LogP contribution in [0.1, 0.15) is 19.4 Å². The Morgan fingerprint density at radius 1 is 1.00 bits per heavy atom. The highest BCUT2D eigenvalue weighted by molar-refractivity contribution is 6.02. The van der Waals surface area contributed by atoms with E-state index in [0.717, 1.165) is 5.56 Å². The molecule has 0 saturated carbocycles. The quantitative estimate of drug-likeness (QED) is 0.642. The number of piperazine rings is 1. The summed E-state index contributed by atoms with van der Waals surface area (Å²) in [4.78, 5) is 47.1. The molecular weight excluding hydrogens is 475 g/mol. The van der Waals surface area contributed by atoms with E-state index >= 15 is 0 Å². The zero-order valence-corrected chi connectivity index (χ0v) is 21.2. The number of halogens is 1. The van der Waals surface area contributed by atoms with Crippen molar-refractivity contribution in [3.05, 3.63) is 66.0 Å². The van der Waals surface area contributed by atoms with Crippen molar-refractivity contribution in [2.45, 2.75) is 38.5 Å². The van der Waals surface area contributed by atoms with Crippen LogP contribution in [0.2, 0.25) is 0 Å². The molecule has 3 saturated heterocycles. The van der Waals surface area contributed by atoms with Crippen molar-refractivity contribution in [3.8, 4) is 0 Å². The van der Waals surface area contributed by atoms with Gasteiger partial charge in [0, 0.05) is 38.8 Å². The van der Waals surface area contributed by atoms with Crippen LogP contribution in [-0.2, 0) is 16.1 Å². The van der Waals surface area contributed by atoms with Crippen LogP contribution in [0.4, 0.5) is 14.9 Å². The van der Waals surface area contributed by atoms with Gasteiger partial charge in [-0.2, -0.15) is 0 Å². The lowest BCUT2D eigenvalue weighted by Crippen LogP contribution is -2.67. The third kappa shape index (κ3) is 4.78. The van der Waals surface area contributed by atoms with E-state index in [1.807, 2.05) is 54.1 Å². The number of fused-ring (bicyclic) bond motifs is 1. The van der Waals surface area contributed by atoms with Crippen molar-refractivity contribution < 1.29 is 18.8 Å². The van der Waals surface area contributed by atoms with E-state index in [1.54, 1.807) is 28.0 Å². The zero-order chi connectivity index (χ0) is 26.1. The molecule has 0 radical (unpaired) electrons. The molecule has 0 aromatic heterocycles. The molecule has 2 aromatic carbocycles. The van der Waals surface area contributed by atoms with Gasteiger partial charge in [0.1, 0.15) is 18.4 Å². The summed E-state index contributed by atoms with van der Waals surface area (Å²) in [6, 6.07) is 14.4. The predicted octanol–water partition coefficient (Wildman–Crippen LogP) is 1.90. The lowest BCUT2D eigenvalue weighted by molar-refractivity contribution is -0.142. The molecule has 0 aliphatic carbocycles. The zero-order valence-electron chi connectivity index (χ0n) is 21.2. The molecule has 196 valence electrons. The third-order valence-corrected chi connectivity index (χ3v) is 7.55. The van der Waals surface area contributed by atoms with Crippen LogP contribution in [0.25, 0.3) is 0 Å². The molecule has 37 heavy (non-hydrogen) atoms. The highest BCUT2D eigenvalue weighted by Crippen LogP contribution is 2.30. The Bertz CT molecular complexity index is 1160. The summed E-state index contributed by atoms with van der Waals surface area (Å²) in [6.45, 7) is 6.41. The van der Waals surface area contributed by atoms with Crippen LogP contribution in [0.3, 0.4) is 0 Å². The van der Waals surface area contributed by atoms with Crippen molar-refractivity contribution in [3.63, 3.8) is 0 Å². The number of hydrogen-bond acceptors (Lipinski definition) is 6. The number of para-hydroxylation sites is 1. The van der Waals surface area contributed by atoms with Crippen molar-refractivity contribution in [2.75, 3.05) is 44.2 Å². The topological polar surface area (TPSA) is 79.4 Å². The first-order valence-electron chi connectivity index (χ1n) is 12.8. The first-order chi connectivity index (χ1) is 17.9. The number of urea groups is 1. The average Bonchev–Trinajstić information content (AvgIpc) is 3.26. The molecule has 1 N–H and O–H groups in total. The summed E-state index contributed by atoms with van der Waals surface area (Å²) in [5.74, 6) is -0.699. The molecule has 5 rings (SSSR count). The molecule has 9 nitrogen and oxygen atoms in total. The van der Waals surface area contributed by atoms with Gasteiger partial charge in [0.25, 0.3) is 5.91 Å². The van der Waals surface area contributed by atoms with E-state index < -0.39 is 18.1 Å². The lowest BCUT2D eigenvalue weighted by atomic mass is 9.97. The summed E-state index contributed by atoms with van der Waals surface area (Å²) < 4.78 is 14.2. The molecule has 3 fully saturated rings. The number of benzene rings is 2. The second kappa shape index (κ2) is 10.5. The molecule has 3 heterocycles. The molecule has 3 aliphatic heterocycles. The van der Waals surface area contributed by atoms with E-state index in [4.69, 9.17) is 0 Å². The molecule has 4 amide bonds. The number of hydrogen-bond donors (Lipinski definition) is 1. The van der Waals surface area contributed by atoms with Crippen LogP contribution in [-0.4, -0.2) is 94.9 Å². The average molecular weight is 509 g/mol. The van der Waals surface area contributed by atoms with Gasteiger partial charge in [-0.1, -0.05) is 49.4 Å². The number of nitrogens with zero attached hydrogens (tertiary/aromatic N) is 5. The Labute approximate surface area is 216 Å². The monoisotopic (exact) mass is 508 g/mol. The molecule has 3 unspecified atom stereocenters. The fraction of sp³-hybridized carbons (Fsp3) is 0.444. The maximum atomic E-state index is 14.2. The Morgan fingerprint density at radius 2 is 1.68 bits per heavy atom. The lowest BCUT2D eigenvalue weighted by Gasteiger charge is -2.44. The number of hydrazine groups is 1. The summed E-state index contributed by atoms with van der Waals surface area (Å²) in [6.07, 6.45) is 0. The number of amides is 4. The Balaban J connectivity index is 1.32. The standard InChI is InChI=1S/C27H33FN6O3/c1-3-34-25-24(19(2)29-34)32(27(37)33(26(25)36)17-20-9-5-4-6-10-20)18-23(35)31-15-13-30(14-16-31)22-12-8-7-11-21(22)28/h4-12,19,24-25,29H,3,13-18H2,1-2H3. The van der Waals surface area contributed by atoms with E-state index in [1.165, 1.54) is 11.0 Å². The number of rotatable bonds is 6. The SMILES string of the molecule is CCN1NC(C)C2C1C(=O)N(Cc1ccccc1)C(=O)N2CC(=O)N1CCN(c2ccccc2F)CC1. The fourth-order valence-electron chi connectivity index (χ4n) is 5.66. The van der Waals surface area contributed by atoms with E-state index in [2.05, 4.69) is 5.43 Å². The smallest absolute Gasteiger partial charge is 0.327 e. The molecule has 0 bridgehead atoms. The van der Waals surface area contributed by atoms with E-state index in [-0.39, 0.29) is 36.8 Å². The minimum Gasteiger partial charge on any atom is -0.366 e. The summed E-state index contributed by atoms with van der Waals surface area (Å²) in [5, 5.41) is 1.87. The van der Waals surface area contributed by atoms with Crippen LogP contribution >= 0.6 is 0 Å². The molecule has 3 aliphatic rings. The molecule has 10 heteroatoms. The third-order valence-electron chi connectivity index (χ3n) is 7.55. The van der Waals surface area contributed by atoms with Gasteiger partial charge in [-0.25, -0.2) is 19.6 Å². The van der Waals surface area contributed by atoms with Crippen molar-refractivity contribution in [1.29, 1.82) is 0 Å². The highest BCUT2D eigenvalue weighted by Gasteiger charge is 2.55. The molecule has 3 atom stereocenters. The molecule has 2 aromatic rings. The van der Waals surface area contributed by atoms with Crippen molar-refractivity contribution in [1.82, 2.24) is 25.1 Å². The fourth-order valence-corrected chi connectivity index (χ4v) is 5.66. The summed E-state index contributed by atoms with van der Waals surface area (Å²) in [5.41, 5.74) is 4.70. The number of anilines is 1. The minimum absolute atomic E-state index is 0.109. The van der Waals surface area contributed by atoms with Gasteiger partial charge < -0.3 is 14.7 Å². The maximum Gasteiger partial charge on any atom is 0.327 e. The second-order valence-electron chi connectivity index (χ2n) is 9.78. The van der Waals surface area contributed by atoms with Gasteiger partial charge in [0.05, 0.1) is 18.3 Å². The first-order valence-corrected chi connectivity index (χ1v) is 12.8. The van der Waals surface area contributed by atoms with Crippen LogP contribution < -0.4 is 10.3 Å². The largest absolute Gasteiger partial charge is 0.366 e. The number of carbonyl (C=O) groups excluding carboxylic acids is 3. The minimum atomic E-state index is -0.563. The van der Waals surface area contributed by atoms with Crippen molar-refractivity contribution in [2.24, 2.45) is 0 Å². The molecular formula is C27H33FN6O3. The van der Waals surface area contributed by atoms with Gasteiger partial charge >= 0.3 is 6.03 Å². The first kappa shape index (κ1) is 25.2. The predicted molar refractivity (Wildman–Crippen MR) is 137 cm³/mol. The van der Waals surface area contributed by atoms with Crippen LogP contribution in [0, 0.1) is 5.82 Å². The van der Waals surface area contributed by atoms with Crippen LogP contribution in [0.5, 0.6) is 0 Å². The van der Waals surface area contributed by atoms with Gasteiger partial charge in [-0.3, -0.25) is 14.5 Å².